The van der Waals surface area contributed by atoms with Crippen molar-refractivity contribution in [2.45, 2.75) is 6.92 Å². The summed E-state index contributed by atoms with van der Waals surface area (Å²) in [6.07, 6.45) is 1.76. The van der Waals surface area contributed by atoms with Crippen molar-refractivity contribution in [1.82, 2.24) is 0 Å². The van der Waals surface area contributed by atoms with Gasteiger partial charge in [0.2, 0.25) is 0 Å². The van der Waals surface area contributed by atoms with Gasteiger partial charge in [0.25, 0.3) is 5.24 Å². The third-order valence-electron chi connectivity index (χ3n) is 4.25. The van der Waals surface area contributed by atoms with E-state index >= 15 is 0 Å². The number of halogens is 2. The van der Waals surface area contributed by atoms with E-state index in [0.717, 1.165) is 23.1 Å². The molecule has 0 radical (unpaired) electrons. The first-order valence-electron chi connectivity index (χ1n) is 9.01. The van der Waals surface area contributed by atoms with Gasteiger partial charge in [-0.25, -0.2) is 0 Å². The minimum atomic E-state index is -0.163. The Morgan fingerprint density at radius 1 is 1.10 bits per heavy atom. The van der Waals surface area contributed by atoms with Gasteiger partial charge in [-0.3, -0.25) is 9.69 Å². The van der Waals surface area contributed by atoms with E-state index < -0.39 is 0 Å². The third kappa shape index (κ3) is 4.42. The molecule has 1 aliphatic rings. The molecule has 1 amide bonds. The Morgan fingerprint density at radius 3 is 2.47 bits per heavy atom. The lowest BCUT2D eigenvalue weighted by molar-refractivity contribution is 0.268. The first-order valence-corrected chi connectivity index (χ1v) is 11.0. The number of benzene rings is 2. The summed E-state index contributed by atoms with van der Waals surface area (Å²) >= 11 is 18.8. The molecule has 0 unspecified atom stereocenters. The van der Waals surface area contributed by atoms with Gasteiger partial charge in [0.05, 0.1) is 17.2 Å². The zero-order valence-electron chi connectivity index (χ0n) is 15.7. The number of rotatable bonds is 5. The van der Waals surface area contributed by atoms with Gasteiger partial charge in [0, 0.05) is 15.6 Å². The molecule has 0 aliphatic carbocycles. The van der Waals surface area contributed by atoms with Crippen LogP contribution in [-0.2, 0) is 0 Å². The molecule has 1 fully saturated rings. The van der Waals surface area contributed by atoms with Crippen LogP contribution in [0.2, 0.25) is 10.0 Å². The number of thiocarbonyl (C=S) groups is 1. The first kappa shape index (κ1) is 21.0. The predicted octanol–water partition coefficient (Wildman–Crippen LogP) is 7.69. The molecule has 0 spiro atoms. The topological polar surface area (TPSA) is 42.7 Å². The Bertz CT molecular complexity index is 1140. The molecular formula is C22H15Cl2NO3S2. The van der Waals surface area contributed by atoms with E-state index in [1.165, 1.54) is 4.90 Å². The molecule has 1 aliphatic heterocycles. The molecule has 2 aromatic carbocycles. The maximum atomic E-state index is 12.6. The fourth-order valence-corrected chi connectivity index (χ4v) is 4.75. The van der Waals surface area contributed by atoms with E-state index in [4.69, 9.17) is 44.6 Å². The number of ether oxygens (including phenoxy) is 1. The van der Waals surface area contributed by atoms with Crippen molar-refractivity contribution in [2.24, 2.45) is 0 Å². The van der Waals surface area contributed by atoms with Crippen LogP contribution in [0.4, 0.5) is 10.5 Å². The summed E-state index contributed by atoms with van der Waals surface area (Å²) in [7, 11) is 0. The molecule has 3 aromatic rings. The summed E-state index contributed by atoms with van der Waals surface area (Å²) in [5.41, 5.74) is 1.46. The van der Waals surface area contributed by atoms with Crippen molar-refractivity contribution in [3.05, 3.63) is 75.3 Å². The molecule has 2 heterocycles. The zero-order valence-corrected chi connectivity index (χ0v) is 18.9. The van der Waals surface area contributed by atoms with Crippen LogP contribution in [0.1, 0.15) is 12.7 Å². The summed E-state index contributed by atoms with van der Waals surface area (Å²) in [5.74, 6) is 1.94. The molecule has 0 N–H and O–H groups in total. The van der Waals surface area contributed by atoms with Gasteiger partial charge < -0.3 is 9.15 Å². The highest BCUT2D eigenvalue weighted by Crippen LogP contribution is 2.38. The minimum absolute atomic E-state index is 0.163. The standard InChI is InChI=1S/C22H15Cl2NO3S2/c1-2-27-17-5-3-16(4-6-17)25-21(29)20(30-22(25)26)12-18-7-8-19(28-18)13-9-14(23)11-15(24)10-13/h3-12H,2H2,1H3/b20-12-. The lowest BCUT2D eigenvalue weighted by atomic mass is 10.2. The quantitative estimate of drug-likeness (QED) is 0.279. The fourth-order valence-electron chi connectivity index (χ4n) is 2.96. The first-order chi connectivity index (χ1) is 14.4. The number of carbonyl (C=O) groups excluding carboxylic acids is 1. The highest BCUT2D eigenvalue weighted by Gasteiger charge is 2.33. The number of anilines is 1. The van der Waals surface area contributed by atoms with E-state index in [-0.39, 0.29) is 5.24 Å². The lowest BCUT2D eigenvalue weighted by Gasteiger charge is -2.15. The van der Waals surface area contributed by atoms with Gasteiger partial charge >= 0.3 is 0 Å². The Labute approximate surface area is 193 Å². The molecule has 0 saturated carbocycles. The molecule has 0 bridgehead atoms. The number of hydrogen-bond donors (Lipinski definition) is 0. The minimum Gasteiger partial charge on any atom is -0.494 e. The zero-order chi connectivity index (χ0) is 21.3. The molecule has 4 rings (SSSR count). The van der Waals surface area contributed by atoms with Crippen LogP contribution in [0, 0.1) is 0 Å². The van der Waals surface area contributed by atoms with E-state index in [2.05, 4.69) is 0 Å². The molecule has 1 saturated heterocycles. The number of amides is 1. The summed E-state index contributed by atoms with van der Waals surface area (Å²) in [6.45, 7) is 2.50. The summed E-state index contributed by atoms with van der Waals surface area (Å²) in [4.78, 5) is 15.1. The Hall–Kier alpha value is -2.25. The van der Waals surface area contributed by atoms with E-state index in [1.54, 1.807) is 24.3 Å². The van der Waals surface area contributed by atoms with Gasteiger partial charge in [-0.15, -0.1) is 0 Å². The number of nitrogens with zero attached hydrogens (tertiary/aromatic N) is 1. The van der Waals surface area contributed by atoms with Crippen LogP contribution < -0.4 is 9.64 Å². The maximum absolute atomic E-state index is 12.6. The maximum Gasteiger partial charge on any atom is 0.296 e. The van der Waals surface area contributed by atoms with Crippen LogP contribution in [0.3, 0.4) is 0 Å². The van der Waals surface area contributed by atoms with Gasteiger partial charge in [-0.1, -0.05) is 35.4 Å². The number of thioether (sulfide) groups is 1. The van der Waals surface area contributed by atoms with Gasteiger partial charge in [0.15, 0.2) is 0 Å². The second kappa shape index (κ2) is 8.86. The molecule has 30 heavy (non-hydrogen) atoms. The Morgan fingerprint density at radius 2 is 1.80 bits per heavy atom. The summed E-state index contributed by atoms with van der Waals surface area (Å²) < 4.78 is 11.3. The molecule has 0 atom stereocenters. The van der Waals surface area contributed by atoms with Crippen molar-refractivity contribution < 1.29 is 13.9 Å². The molecule has 8 heteroatoms. The third-order valence-corrected chi connectivity index (χ3v) is 6.10. The second-order valence-corrected chi connectivity index (χ2v) is 8.56. The molecular weight excluding hydrogens is 461 g/mol. The van der Waals surface area contributed by atoms with E-state index in [0.29, 0.717) is 43.8 Å². The van der Waals surface area contributed by atoms with E-state index in [9.17, 15) is 4.79 Å². The lowest BCUT2D eigenvalue weighted by Crippen LogP contribution is -2.26. The highest BCUT2D eigenvalue weighted by molar-refractivity contribution is 8.20. The van der Waals surface area contributed by atoms with Crippen molar-refractivity contribution in [3.8, 4) is 17.1 Å². The van der Waals surface area contributed by atoms with Crippen LogP contribution >= 0.6 is 47.2 Å². The predicted molar refractivity (Wildman–Crippen MR) is 128 cm³/mol. The van der Waals surface area contributed by atoms with Crippen molar-refractivity contribution >= 4 is 69.2 Å². The average Bonchev–Trinajstić information content (AvgIpc) is 3.27. The van der Waals surface area contributed by atoms with Crippen LogP contribution in [0.25, 0.3) is 17.4 Å². The highest BCUT2D eigenvalue weighted by atomic mass is 35.5. The Kier molecular flexibility index (Phi) is 6.20. The SMILES string of the molecule is CCOc1ccc(N2C(=O)S/C(=C\c3ccc(-c4cc(Cl)cc(Cl)c4)o3)C2=S)cc1. The summed E-state index contributed by atoms with van der Waals surface area (Å²) in [5, 5.41) is 0.889. The molecule has 1 aromatic heterocycles. The monoisotopic (exact) mass is 475 g/mol. The number of carbonyl (C=O) groups is 1. The fraction of sp³-hybridized carbons (Fsp3) is 0.0909. The van der Waals surface area contributed by atoms with Crippen LogP contribution in [0.15, 0.2) is 63.9 Å². The van der Waals surface area contributed by atoms with Crippen molar-refractivity contribution in [3.63, 3.8) is 0 Å². The largest absolute Gasteiger partial charge is 0.494 e. The number of hydrogen-bond acceptors (Lipinski definition) is 5. The second-order valence-electron chi connectivity index (χ2n) is 6.30. The molecule has 4 nitrogen and oxygen atoms in total. The Balaban J connectivity index is 1.57. The molecule has 152 valence electrons. The summed E-state index contributed by atoms with van der Waals surface area (Å²) in [6, 6.07) is 16.1. The normalized spacial score (nSPS) is 15.3. The number of furan rings is 1. The van der Waals surface area contributed by atoms with Crippen molar-refractivity contribution in [1.29, 1.82) is 0 Å². The van der Waals surface area contributed by atoms with Gasteiger partial charge in [-0.2, -0.15) is 0 Å². The van der Waals surface area contributed by atoms with E-state index in [1.807, 2.05) is 43.3 Å². The smallest absolute Gasteiger partial charge is 0.296 e. The van der Waals surface area contributed by atoms with Gasteiger partial charge in [0.1, 0.15) is 22.3 Å². The van der Waals surface area contributed by atoms with Crippen LogP contribution in [-0.4, -0.2) is 16.8 Å². The van der Waals surface area contributed by atoms with Crippen LogP contribution in [0.5, 0.6) is 5.75 Å². The van der Waals surface area contributed by atoms with Gasteiger partial charge in [-0.05, 0) is 79.4 Å². The average molecular weight is 476 g/mol. The van der Waals surface area contributed by atoms with Crippen molar-refractivity contribution in [2.75, 3.05) is 11.5 Å².